The predicted molar refractivity (Wildman–Crippen MR) is 133 cm³/mol. The van der Waals surface area contributed by atoms with Crippen molar-refractivity contribution < 1.29 is 4.74 Å². The Bertz CT molecular complexity index is 1100. The highest BCUT2D eigenvalue weighted by Gasteiger charge is 2.34. The van der Waals surface area contributed by atoms with Crippen LogP contribution in [0, 0.1) is 0 Å². The van der Waals surface area contributed by atoms with E-state index in [2.05, 4.69) is 50.4 Å². The van der Waals surface area contributed by atoms with Gasteiger partial charge in [0.2, 0.25) is 0 Å². The van der Waals surface area contributed by atoms with Crippen molar-refractivity contribution in [2.75, 3.05) is 11.9 Å². The van der Waals surface area contributed by atoms with E-state index in [4.69, 9.17) is 37.9 Å². The monoisotopic (exact) mass is 469 g/mol. The Morgan fingerprint density at radius 1 is 1.00 bits per heavy atom. The van der Waals surface area contributed by atoms with Crippen molar-refractivity contribution in [3.63, 3.8) is 0 Å². The molecule has 0 spiro atoms. The highest BCUT2D eigenvalue weighted by molar-refractivity contribution is 6.36. The first-order valence-electron chi connectivity index (χ1n) is 11.4. The summed E-state index contributed by atoms with van der Waals surface area (Å²) in [4.78, 5) is 10.0. The molecule has 2 aromatic carbocycles. The standard InChI is InChI=1S/C26H29Cl2N3O/c1-4-13-32-23-14-16-9-7-8-10-18(16)25(23)31-26-22(6-3)29-24(21(5-2)30-26)19-12-11-17(27)15-20(19)28/h7-12,15,23,25H,4-6,13-14H2,1-3H3,(H,30,31)/t23-,25+/m0/s1. The number of benzene rings is 2. The molecule has 0 unspecified atom stereocenters. The minimum absolute atomic E-state index is 0.0482. The Kier molecular flexibility index (Phi) is 7.34. The lowest BCUT2D eigenvalue weighted by molar-refractivity contribution is 0.0483. The normalized spacial score (nSPS) is 17.4. The van der Waals surface area contributed by atoms with Gasteiger partial charge in [-0.05, 0) is 48.6 Å². The minimum atomic E-state index is 0.0482. The van der Waals surface area contributed by atoms with Crippen molar-refractivity contribution in [1.82, 2.24) is 9.97 Å². The summed E-state index contributed by atoms with van der Waals surface area (Å²) in [6.07, 6.45) is 3.48. The van der Waals surface area contributed by atoms with Crippen LogP contribution in [0.1, 0.15) is 55.7 Å². The van der Waals surface area contributed by atoms with E-state index < -0.39 is 0 Å². The van der Waals surface area contributed by atoms with E-state index in [-0.39, 0.29) is 12.1 Å². The van der Waals surface area contributed by atoms with Crippen LogP contribution in [0.4, 0.5) is 5.82 Å². The van der Waals surface area contributed by atoms with Gasteiger partial charge in [0.05, 0.1) is 34.3 Å². The molecule has 0 aliphatic heterocycles. The summed E-state index contributed by atoms with van der Waals surface area (Å²) in [6.45, 7) is 7.07. The fourth-order valence-corrected chi connectivity index (χ4v) is 4.81. The third kappa shape index (κ3) is 4.63. The van der Waals surface area contributed by atoms with Crippen molar-refractivity contribution in [2.24, 2.45) is 0 Å². The van der Waals surface area contributed by atoms with Gasteiger partial charge in [-0.15, -0.1) is 0 Å². The van der Waals surface area contributed by atoms with Crippen LogP contribution in [0.15, 0.2) is 42.5 Å². The number of hydrogen-bond acceptors (Lipinski definition) is 4. The lowest BCUT2D eigenvalue weighted by atomic mass is 10.1. The Labute approximate surface area is 200 Å². The van der Waals surface area contributed by atoms with Gasteiger partial charge < -0.3 is 10.1 Å². The summed E-state index contributed by atoms with van der Waals surface area (Å²) >= 11 is 12.6. The number of rotatable bonds is 8. The van der Waals surface area contributed by atoms with E-state index in [0.717, 1.165) is 60.8 Å². The summed E-state index contributed by atoms with van der Waals surface area (Å²) in [5, 5.41) is 4.89. The maximum Gasteiger partial charge on any atom is 0.148 e. The summed E-state index contributed by atoms with van der Waals surface area (Å²) < 4.78 is 6.23. The molecule has 1 aliphatic rings. The second kappa shape index (κ2) is 10.2. The first kappa shape index (κ1) is 23.0. The Hall–Kier alpha value is -2.14. The quantitative estimate of drug-likeness (QED) is 0.382. The van der Waals surface area contributed by atoms with Crippen molar-refractivity contribution in [3.8, 4) is 11.3 Å². The van der Waals surface area contributed by atoms with Crippen LogP contribution in [0.25, 0.3) is 11.3 Å². The van der Waals surface area contributed by atoms with Crippen LogP contribution < -0.4 is 5.32 Å². The highest BCUT2D eigenvalue weighted by atomic mass is 35.5. The fourth-order valence-electron chi connectivity index (χ4n) is 4.31. The number of anilines is 1. The zero-order valence-electron chi connectivity index (χ0n) is 18.8. The second-order valence-corrected chi connectivity index (χ2v) is 8.92. The molecule has 1 aliphatic carbocycles. The number of hydrogen-bond donors (Lipinski definition) is 1. The summed E-state index contributed by atoms with van der Waals surface area (Å²) in [5.74, 6) is 0.824. The first-order chi connectivity index (χ1) is 15.5. The fraction of sp³-hybridized carbons (Fsp3) is 0.385. The lowest BCUT2D eigenvalue weighted by Crippen LogP contribution is -2.26. The Morgan fingerprint density at radius 2 is 1.78 bits per heavy atom. The van der Waals surface area contributed by atoms with Crippen LogP contribution in [0.2, 0.25) is 10.0 Å². The van der Waals surface area contributed by atoms with Crippen molar-refractivity contribution in [1.29, 1.82) is 0 Å². The molecule has 4 rings (SSSR count). The van der Waals surface area contributed by atoms with E-state index in [1.165, 1.54) is 11.1 Å². The van der Waals surface area contributed by atoms with Gasteiger partial charge in [0.25, 0.3) is 0 Å². The topological polar surface area (TPSA) is 47.0 Å². The molecule has 0 radical (unpaired) electrons. The maximum atomic E-state index is 6.51. The molecule has 6 heteroatoms. The first-order valence-corrected chi connectivity index (χ1v) is 12.1. The van der Waals surface area contributed by atoms with Crippen LogP contribution in [-0.4, -0.2) is 22.7 Å². The number of aryl methyl sites for hydroxylation is 2. The molecular weight excluding hydrogens is 441 g/mol. The van der Waals surface area contributed by atoms with Gasteiger partial charge in [-0.2, -0.15) is 0 Å². The van der Waals surface area contributed by atoms with Gasteiger partial charge in [-0.3, -0.25) is 0 Å². The maximum absolute atomic E-state index is 6.51. The average molecular weight is 470 g/mol. The number of nitrogens with one attached hydrogen (secondary N) is 1. The van der Waals surface area contributed by atoms with Crippen LogP contribution in [-0.2, 0) is 24.0 Å². The molecule has 3 aromatic rings. The van der Waals surface area contributed by atoms with E-state index in [0.29, 0.717) is 10.0 Å². The molecule has 2 atom stereocenters. The summed E-state index contributed by atoms with van der Waals surface area (Å²) in [7, 11) is 0. The Balaban J connectivity index is 1.73. The van der Waals surface area contributed by atoms with Gasteiger partial charge in [-0.1, -0.05) is 68.2 Å². The van der Waals surface area contributed by atoms with Gasteiger partial charge in [-0.25, -0.2) is 9.97 Å². The van der Waals surface area contributed by atoms with E-state index in [9.17, 15) is 0 Å². The molecule has 4 nitrogen and oxygen atoms in total. The van der Waals surface area contributed by atoms with Gasteiger partial charge in [0.1, 0.15) is 5.82 Å². The number of aromatic nitrogens is 2. The molecular formula is C26H29Cl2N3O. The molecule has 0 saturated heterocycles. The van der Waals surface area contributed by atoms with Gasteiger partial charge in [0.15, 0.2) is 0 Å². The highest BCUT2D eigenvalue weighted by Crippen LogP contribution is 2.37. The van der Waals surface area contributed by atoms with Crippen LogP contribution in [0.3, 0.4) is 0 Å². The molecule has 168 valence electrons. The third-order valence-corrected chi connectivity index (χ3v) is 6.46. The van der Waals surface area contributed by atoms with E-state index >= 15 is 0 Å². The smallest absolute Gasteiger partial charge is 0.148 e. The SMILES string of the molecule is CCCO[C@H]1Cc2ccccc2[C@H]1Nc1nc(CC)c(-c2ccc(Cl)cc2Cl)nc1CC. The van der Waals surface area contributed by atoms with Gasteiger partial charge in [0, 0.05) is 23.6 Å². The van der Waals surface area contributed by atoms with Crippen LogP contribution >= 0.6 is 23.2 Å². The summed E-state index contributed by atoms with van der Waals surface area (Å²) in [5.41, 5.74) is 6.12. The van der Waals surface area contributed by atoms with Crippen molar-refractivity contribution in [3.05, 3.63) is 75.0 Å². The lowest BCUT2D eigenvalue weighted by Gasteiger charge is -2.24. The van der Waals surface area contributed by atoms with E-state index in [1.54, 1.807) is 6.07 Å². The van der Waals surface area contributed by atoms with Crippen LogP contribution in [0.5, 0.6) is 0 Å². The minimum Gasteiger partial charge on any atom is -0.375 e. The molecule has 0 saturated carbocycles. The second-order valence-electron chi connectivity index (χ2n) is 8.08. The molecule has 0 bridgehead atoms. The number of fused-ring (bicyclic) bond motifs is 1. The molecule has 1 N–H and O–H groups in total. The van der Waals surface area contributed by atoms with Crippen molar-refractivity contribution >= 4 is 29.0 Å². The zero-order chi connectivity index (χ0) is 22.7. The third-order valence-electron chi connectivity index (χ3n) is 5.91. The molecule has 0 amide bonds. The molecule has 0 fully saturated rings. The zero-order valence-corrected chi connectivity index (χ0v) is 20.3. The number of nitrogens with zero attached hydrogens (tertiary/aromatic N) is 2. The largest absolute Gasteiger partial charge is 0.375 e. The molecule has 1 aromatic heterocycles. The number of halogens is 2. The predicted octanol–water partition coefficient (Wildman–Crippen LogP) is 7.08. The molecule has 1 heterocycles. The summed E-state index contributed by atoms with van der Waals surface area (Å²) in [6, 6.07) is 14.1. The van der Waals surface area contributed by atoms with Crippen molar-refractivity contribution in [2.45, 2.75) is 58.6 Å². The van der Waals surface area contributed by atoms with Gasteiger partial charge >= 0.3 is 0 Å². The van der Waals surface area contributed by atoms with E-state index in [1.807, 2.05) is 12.1 Å². The number of ether oxygens (including phenoxy) is 1. The Morgan fingerprint density at radius 3 is 2.50 bits per heavy atom. The molecule has 32 heavy (non-hydrogen) atoms. The average Bonchev–Trinajstić information content (AvgIpc) is 3.15.